The van der Waals surface area contributed by atoms with Crippen LogP contribution in [0.1, 0.15) is 28.4 Å². The van der Waals surface area contributed by atoms with Crippen LogP contribution in [-0.4, -0.2) is 23.0 Å². The van der Waals surface area contributed by atoms with E-state index in [-0.39, 0.29) is 16.9 Å². The minimum Gasteiger partial charge on any atom is -0.321 e. The third kappa shape index (κ3) is 8.71. The Hall–Kier alpha value is -4.82. The lowest BCUT2D eigenvalue weighted by Crippen LogP contribution is -2.30. The number of anilines is 2. The summed E-state index contributed by atoms with van der Waals surface area (Å²) in [6, 6.07) is 20.5. The molecule has 244 valence electrons. The van der Waals surface area contributed by atoms with Gasteiger partial charge in [-0.3, -0.25) is 14.4 Å². The molecule has 1 unspecified atom stereocenters. The van der Waals surface area contributed by atoms with Gasteiger partial charge in [0.1, 0.15) is 16.9 Å². The second kappa shape index (κ2) is 14.7. The number of benzene rings is 4. The fourth-order valence-corrected chi connectivity index (χ4v) is 5.04. The Morgan fingerprint density at radius 2 is 1.43 bits per heavy atom. The highest BCUT2D eigenvalue weighted by Gasteiger charge is 2.42. The van der Waals surface area contributed by atoms with Crippen molar-refractivity contribution in [3.63, 3.8) is 0 Å². The van der Waals surface area contributed by atoms with Gasteiger partial charge in [0.05, 0.1) is 5.25 Å². The lowest BCUT2D eigenvalue weighted by molar-refractivity contribution is -0.143. The number of thioether (sulfide) groups is 1. The largest absolute Gasteiger partial charge is 0.422 e. The smallest absolute Gasteiger partial charge is 0.321 e. The summed E-state index contributed by atoms with van der Waals surface area (Å²) in [4.78, 5) is 39.1. The SMILES string of the molecule is CC(Sc1cccc(NC(=O)/C(=C\c2ccc(Cl)cc2)NC(=O)c2ccccc2)c1)C(=O)Nc1c(F)c(F)c(C(F)(F)F)c(F)c1F. The summed E-state index contributed by atoms with van der Waals surface area (Å²) in [5.74, 6) is -12.8. The fourth-order valence-electron chi connectivity index (χ4n) is 3.99. The van der Waals surface area contributed by atoms with Gasteiger partial charge in [-0.05, 0) is 61.0 Å². The highest BCUT2D eigenvalue weighted by atomic mass is 35.5. The van der Waals surface area contributed by atoms with Gasteiger partial charge in [-0.1, -0.05) is 48.0 Å². The van der Waals surface area contributed by atoms with Crippen molar-refractivity contribution >= 4 is 58.5 Å². The number of hydrogen-bond donors (Lipinski definition) is 3. The Kier molecular flexibility index (Phi) is 11.0. The van der Waals surface area contributed by atoms with Crippen LogP contribution in [-0.2, 0) is 15.8 Å². The Labute approximate surface area is 272 Å². The van der Waals surface area contributed by atoms with Gasteiger partial charge in [-0.25, -0.2) is 17.6 Å². The zero-order valence-electron chi connectivity index (χ0n) is 23.8. The van der Waals surface area contributed by atoms with Crippen molar-refractivity contribution in [2.24, 2.45) is 0 Å². The van der Waals surface area contributed by atoms with Gasteiger partial charge in [0.2, 0.25) is 5.91 Å². The van der Waals surface area contributed by atoms with Gasteiger partial charge in [-0.15, -0.1) is 11.8 Å². The van der Waals surface area contributed by atoms with Crippen molar-refractivity contribution in [3.8, 4) is 0 Å². The average molecular weight is 696 g/mol. The molecule has 47 heavy (non-hydrogen) atoms. The minimum absolute atomic E-state index is 0.132. The van der Waals surface area contributed by atoms with E-state index in [1.54, 1.807) is 59.9 Å². The van der Waals surface area contributed by atoms with E-state index >= 15 is 0 Å². The first-order chi connectivity index (χ1) is 22.1. The van der Waals surface area contributed by atoms with E-state index in [2.05, 4.69) is 10.6 Å². The van der Waals surface area contributed by atoms with Gasteiger partial charge in [0, 0.05) is 21.2 Å². The predicted octanol–water partition coefficient (Wildman–Crippen LogP) is 8.44. The average Bonchev–Trinajstić information content (AvgIpc) is 3.02. The number of nitrogens with one attached hydrogen (secondary N) is 3. The van der Waals surface area contributed by atoms with Crippen LogP contribution in [0, 0.1) is 23.3 Å². The Morgan fingerprint density at radius 3 is 2.02 bits per heavy atom. The van der Waals surface area contributed by atoms with Crippen LogP contribution in [0.3, 0.4) is 0 Å². The molecule has 15 heteroatoms. The van der Waals surface area contributed by atoms with Gasteiger partial charge < -0.3 is 16.0 Å². The fraction of sp³-hybridized carbons (Fsp3) is 0.0938. The summed E-state index contributed by atoms with van der Waals surface area (Å²) in [7, 11) is 0. The van der Waals surface area contributed by atoms with Crippen molar-refractivity contribution in [3.05, 3.63) is 130 Å². The Bertz CT molecular complexity index is 1820. The zero-order valence-corrected chi connectivity index (χ0v) is 25.4. The molecular formula is C32H21ClF7N3O3S. The molecule has 1 atom stereocenters. The molecule has 0 radical (unpaired) electrons. The highest BCUT2D eigenvalue weighted by Crippen LogP contribution is 2.39. The monoisotopic (exact) mass is 695 g/mol. The van der Waals surface area contributed by atoms with E-state index in [0.29, 0.717) is 15.5 Å². The molecule has 0 fully saturated rings. The van der Waals surface area contributed by atoms with Crippen LogP contribution >= 0.6 is 23.4 Å². The van der Waals surface area contributed by atoms with E-state index < -0.39 is 63.7 Å². The normalized spacial score (nSPS) is 12.3. The standard InChI is InChI=1S/C32H21ClF7N3O3S/c1-16(29(44)43-28-26(36)24(34)23(32(38,39)40)25(35)27(28)37)47-21-9-5-8-20(15-21)41-31(46)22(14-17-10-12-19(33)13-11-17)42-30(45)18-6-3-2-4-7-18/h2-16H,1H3,(H,41,46)(H,42,45)(H,43,44)/b22-14+. The molecule has 6 nitrogen and oxygen atoms in total. The molecule has 0 saturated carbocycles. The Balaban J connectivity index is 1.50. The van der Waals surface area contributed by atoms with Gasteiger partial charge in [0.15, 0.2) is 23.3 Å². The number of rotatable bonds is 9. The molecule has 0 saturated heterocycles. The van der Waals surface area contributed by atoms with Gasteiger partial charge >= 0.3 is 6.18 Å². The van der Waals surface area contributed by atoms with Crippen molar-refractivity contribution in [2.45, 2.75) is 23.2 Å². The lowest BCUT2D eigenvalue weighted by atomic mass is 10.1. The molecule has 0 aromatic heterocycles. The number of hydrogen-bond acceptors (Lipinski definition) is 4. The molecular weight excluding hydrogens is 675 g/mol. The van der Waals surface area contributed by atoms with E-state index in [0.717, 1.165) is 11.8 Å². The maximum absolute atomic E-state index is 14.3. The third-order valence-corrected chi connectivity index (χ3v) is 7.62. The van der Waals surface area contributed by atoms with Crippen molar-refractivity contribution in [2.75, 3.05) is 10.6 Å². The second-order valence-electron chi connectivity index (χ2n) is 9.66. The summed E-state index contributed by atoms with van der Waals surface area (Å²) in [6.45, 7) is 1.25. The minimum atomic E-state index is -5.73. The number of halogens is 8. The summed E-state index contributed by atoms with van der Waals surface area (Å²) >= 11 is 6.73. The zero-order chi connectivity index (χ0) is 34.5. The van der Waals surface area contributed by atoms with Crippen molar-refractivity contribution in [1.82, 2.24) is 5.32 Å². The molecule has 0 aliphatic carbocycles. The second-order valence-corrected chi connectivity index (χ2v) is 11.5. The maximum atomic E-state index is 14.3. The van der Waals surface area contributed by atoms with E-state index in [1.165, 1.54) is 37.3 Å². The van der Waals surface area contributed by atoms with Gasteiger partial charge in [0.25, 0.3) is 11.8 Å². The van der Waals surface area contributed by atoms with Crippen molar-refractivity contribution in [1.29, 1.82) is 0 Å². The van der Waals surface area contributed by atoms with E-state index in [4.69, 9.17) is 11.6 Å². The first kappa shape index (κ1) is 35.0. The quantitative estimate of drug-likeness (QED) is 0.0710. The first-order valence-corrected chi connectivity index (χ1v) is 14.6. The number of carbonyl (C=O) groups excluding carboxylic acids is 3. The van der Waals surface area contributed by atoms with Crippen LogP contribution in [0.25, 0.3) is 6.08 Å². The third-order valence-electron chi connectivity index (χ3n) is 6.28. The van der Waals surface area contributed by atoms with Crippen LogP contribution in [0.4, 0.5) is 42.1 Å². The molecule has 4 aromatic carbocycles. The molecule has 0 aliphatic heterocycles. The maximum Gasteiger partial charge on any atom is 0.422 e. The summed E-state index contributed by atoms with van der Waals surface area (Å²) in [6.07, 6.45) is -4.31. The molecule has 4 rings (SSSR count). The predicted molar refractivity (Wildman–Crippen MR) is 164 cm³/mol. The van der Waals surface area contributed by atoms with E-state index in [9.17, 15) is 45.1 Å². The van der Waals surface area contributed by atoms with Crippen LogP contribution in [0.2, 0.25) is 5.02 Å². The first-order valence-electron chi connectivity index (χ1n) is 13.3. The number of amides is 3. The van der Waals surface area contributed by atoms with Crippen molar-refractivity contribution < 1.29 is 45.1 Å². The molecule has 3 amide bonds. The summed E-state index contributed by atoms with van der Waals surface area (Å²) in [5.41, 5.74) is -3.59. The number of carbonyl (C=O) groups is 3. The van der Waals surface area contributed by atoms with Crippen LogP contribution in [0.5, 0.6) is 0 Å². The Morgan fingerprint density at radius 1 is 0.809 bits per heavy atom. The molecule has 0 aliphatic rings. The van der Waals surface area contributed by atoms with E-state index in [1.807, 2.05) is 0 Å². The molecule has 0 heterocycles. The van der Waals surface area contributed by atoms with Crippen LogP contribution < -0.4 is 16.0 Å². The molecule has 4 aromatic rings. The lowest BCUT2D eigenvalue weighted by Gasteiger charge is -2.17. The summed E-state index contributed by atoms with van der Waals surface area (Å²) in [5, 5.41) is 6.03. The molecule has 0 spiro atoms. The van der Waals surface area contributed by atoms with Gasteiger partial charge in [-0.2, -0.15) is 13.2 Å². The molecule has 3 N–H and O–H groups in total. The van der Waals surface area contributed by atoms with Crippen LogP contribution in [0.15, 0.2) is 89.5 Å². The molecule has 0 bridgehead atoms. The highest BCUT2D eigenvalue weighted by molar-refractivity contribution is 8.00. The number of alkyl halides is 3. The summed E-state index contributed by atoms with van der Waals surface area (Å²) < 4.78 is 95.1. The topological polar surface area (TPSA) is 87.3 Å².